The van der Waals surface area contributed by atoms with Crippen molar-refractivity contribution < 1.29 is 17.9 Å². The molecule has 0 spiro atoms. The molecule has 0 radical (unpaired) electrons. The van der Waals surface area contributed by atoms with Crippen LogP contribution in [0.25, 0.3) is 0 Å². The molecule has 1 saturated carbocycles. The number of halogens is 3. The maximum atomic E-state index is 12.0. The van der Waals surface area contributed by atoms with Crippen molar-refractivity contribution >= 4 is 0 Å². The Bertz CT molecular complexity index is 270. The number of hydrogen-bond acceptors (Lipinski definition) is 2. The Morgan fingerprint density at radius 3 is 2.45 bits per heavy atom. The maximum absolute atomic E-state index is 12.0. The van der Waals surface area contributed by atoms with Gasteiger partial charge in [-0.15, -0.1) is 0 Å². The van der Waals surface area contributed by atoms with Crippen molar-refractivity contribution in [1.29, 1.82) is 0 Å². The van der Waals surface area contributed by atoms with E-state index < -0.39 is 12.8 Å². The Kier molecular flexibility index (Phi) is 7.30. The van der Waals surface area contributed by atoms with Crippen molar-refractivity contribution in [2.24, 2.45) is 17.8 Å². The van der Waals surface area contributed by atoms with Gasteiger partial charge in [0, 0.05) is 12.6 Å². The minimum atomic E-state index is -4.22. The fraction of sp³-hybridized carbons (Fsp3) is 1.00. The smallest absolute Gasteiger partial charge is 0.372 e. The lowest BCUT2D eigenvalue weighted by molar-refractivity contribution is -0.174. The Balaban J connectivity index is 2.36. The van der Waals surface area contributed by atoms with E-state index in [9.17, 15) is 13.2 Å². The predicted octanol–water partition coefficient (Wildman–Crippen LogP) is 4.01. The van der Waals surface area contributed by atoms with Crippen LogP contribution in [0, 0.1) is 17.8 Å². The highest BCUT2D eigenvalue weighted by Crippen LogP contribution is 2.35. The van der Waals surface area contributed by atoms with Gasteiger partial charge in [-0.3, -0.25) is 0 Å². The quantitative estimate of drug-likeness (QED) is 0.717. The number of rotatable bonds is 7. The third kappa shape index (κ3) is 6.44. The molecule has 0 aromatic carbocycles. The molecule has 1 aliphatic carbocycles. The highest BCUT2D eigenvalue weighted by atomic mass is 19.4. The van der Waals surface area contributed by atoms with E-state index in [0.717, 1.165) is 18.9 Å². The van der Waals surface area contributed by atoms with Crippen LogP contribution in [0.2, 0.25) is 0 Å². The number of ether oxygens (including phenoxy) is 1. The molecule has 2 nitrogen and oxygen atoms in total. The van der Waals surface area contributed by atoms with Crippen molar-refractivity contribution in [2.75, 3.05) is 19.8 Å². The van der Waals surface area contributed by atoms with Gasteiger partial charge in [0.2, 0.25) is 0 Å². The highest BCUT2D eigenvalue weighted by Gasteiger charge is 2.30. The zero-order valence-corrected chi connectivity index (χ0v) is 12.8. The van der Waals surface area contributed by atoms with Crippen LogP contribution >= 0.6 is 0 Å². The summed E-state index contributed by atoms with van der Waals surface area (Å²) in [5, 5.41) is 3.42. The summed E-state index contributed by atoms with van der Waals surface area (Å²) in [6.45, 7) is 6.50. The molecule has 0 aliphatic heterocycles. The summed E-state index contributed by atoms with van der Waals surface area (Å²) in [7, 11) is 0. The van der Waals surface area contributed by atoms with Crippen LogP contribution in [-0.4, -0.2) is 32.0 Å². The van der Waals surface area contributed by atoms with Gasteiger partial charge < -0.3 is 10.1 Å². The Morgan fingerprint density at radius 1 is 1.20 bits per heavy atom. The van der Waals surface area contributed by atoms with Crippen LogP contribution in [0.1, 0.15) is 46.5 Å². The number of alkyl halides is 3. The van der Waals surface area contributed by atoms with Crippen molar-refractivity contribution in [2.45, 2.75) is 58.7 Å². The molecular formula is C15H28F3NO. The van der Waals surface area contributed by atoms with Crippen LogP contribution in [-0.2, 0) is 4.74 Å². The van der Waals surface area contributed by atoms with E-state index in [-0.39, 0.29) is 12.6 Å². The molecule has 0 aromatic rings. The van der Waals surface area contributed by atoms with Crippen LogP contribution in [0.3, 0.4) is 0 Å². The topological polar surface area (TPSA) is 21.3 Å². The third-order valence-electron chi connectivity index (χ3n) is 4.51. The predicted molar refractivity (Wildman–Crippen MR) is 74.6 cm³/mol. The molecular weight excluding hydrogens is 267 g/mol. The van der Waals surface area contributed by atoms with Crippen LogP contribution < -0.4 is 5.32 Å². The first-order chi connectivity index (χ1) is 9.33. The molecule has 20 heavy (non-hydrogen) atoms. The van der Waals surface area contributed by atoms with E-state index in [1.165, 1.54) is 12.8 Å². The lowest BCUT2D eigenvalue weighted by Crippen LogP contribution is -2.40. The summed E-state index contributed by atoms with van der Waals surface area (Å²) in [5.74, 6) is 2.02. The van der Waals surface area contributed by atoms with E-state index in [1.807, 2.05) is 6.92 Å². The van der Waals surface area contributed by atoms with Crippen LogP contribution in [0.15, 0.2) is 0 Å². The highest BCUT2D eigenvalue weighted by molar-refractivity contribution is 4.83. The monoisotopic (exact) mass is 295 g/mol. The average molecular weight is 295 g/mol. The van der Waals surface area contributed by atoms with Gasteiger partial charge in [-0.1, -0.05) is 27.2 Å². The largest absolute Gasteiger partial charge is 0.411 e. The van der Waals surface area contributed by atoms with E-state index in [1.54, 1.807) is 0 Å². The van der Waals surface area contributed by atoms with Crippen molar-refractivity contribution in [1.82, 2.24) is 5.32 Å². The Labute approximate surface area is 120 Å². The van der Waals surface area contributed by atoms with Gasteiger partial charge in [0.05, 0.1) is 0 Å². The minimum absolute atomic E-state index is 0.178. The van der Waals surface area contributed by atoms with Crippen LogP contribution in [0.4, 0.5) is 13.2 Å². The SMILES string of the molecule is CCNC(CCOCC(F)(F)F)C1CCC(C)C(C)C1. The summed E-state index contributed by atoms with van der Waals surface area (Å²) in [6, 6.07) is 0.281. The van der Waals surface area contributed by atoms with Gasteiger partial charge in [-0.05, 0) is 43.6 Å². The molecule has 5 heteroatoms. The molecule has 0 aromatic heterocycles. The maximum Gasteiger partial charge on any atom is 0.411 e. The van der Waals surface area contributed by atoms with E-state index in [2.05, 4.69) is 19.2 Å². The molecule has 0 amide bonds. The third-order valence-corrected chi connectivity index (χ3v) is 4.51. The molecule has 4 atom stereocenters. The second kappa shape index (κ2) is 8.23. The summed E-state index contributed by atoms with van der Waals surface area (Å²) in [4.78, 5) is 0. The van der Waals surface area contributed by atoms with Crippen molar-refractivity contribution in [3.8, 4) is 0 Å². The fourth-order valence-corrected chi connectivity index (χ4v) is 3.12. The molecule has 1 fully saturated rings. The second-order valence-corrected chi connectivity index (χ2v) is 6.15. The van der Waals surface area contributed by atoms with Crippen molar-refractivity contribution in [3.05, 3.63) is 0 Å². The first-order valence-corrected chi connectivity index (χ1v) is 7.71. The molecule has 1 rings (SSSR count). The summed E-state index contributed by atoms with van der Waals surface area (Å²) in [5.41, 5.74) is 0. The molecule has 0 bridgehead atoms. The van der Waals surface area contributed by atoms with Gasteiger partial charge in [0.15, 0.2) is 0 Å². The Hall–Kier alpha value is -0.290. The molecule has 120 valence electrons. The average Bonchev–Trinajstić information content (AvgIpc) is 2.35. The minimum Gasteiger partial charge on any atom is -0.372 e. The normalized spacial score (nSPS) is 29.4. The van der Waals surface area contributed by atoms with Crippen LogP contribution in [0.5, 0.6) is 0 Å². The van der Waals surface area contributed by atoms with E-state index in [0.29, 0.717) is 18.3 Å². The number of hydrogen-bond donors (Lipinski definition) is 1. The zero-order valence-electron chi connectivity index (χ0n) is 12.8. The molecule has 0 saturated heterocycles. The fourth-order valence-electron chi connectivity index (χ4n) is 3.12. The molecule has 1 aliphatic rings. The standard InChI is InChI=1S/C15H28F3NO/c1-4-19-14(7-8-20-10-15(16,17)18)13-6-5-11(2)12(3)9-13/h11-14,19H,4-10H2,1-3H3. The molecule has 1 N–H and O–H groups in total. The van der Waals surface area contributed by atoms with Gasteiger partial charge in [0.1, 0.15) is 6.61 Å². The van der Waals surface area contributed by atoms with Gasteiger partial charge in [-0.2, -0.15) is 13.2 Å². The van der Waals surface area contributed by atoms with Crippen molar-refractivity contribution in [3.63, 3.8) is 0 Å². The second-order valence-electron chi connectivity index (χ2n) is 6.15. The summed E-state index contributed by atoms with van der Waals surface area (Å²) in [6.07, 6.45) is -0.00413. The van der Waals surface area contributed by atoms with E-state index in [4.69, 9.17) is 4.74 Å². The van der Waals surface area contributed by atoms with Gasteiger partial charge >= 0.3 is 6.18 Å². The van der Waals surface area contributed by atoms with Gasteiger partial charge in [-0.25, -0.2) is 0 Å². The Morgan fingerprint density at radius 2 is 1.90 bits per heavy atom. The lowest BCUT2D eigenvalue weighted by atomic mass is 9.72. The first kappa shape index (κ1) is 17.8. The zero-order chi connectivity index (χ0) is 15.2. The molecule has 0 heterocycles. The molecule has 4 unspecified atom stereocenters. The summed E-state index contributed by atoms with van der Waals surface area (Å²) < 4.78 is 40.9. The lowest BCUT2D eigenvalue weighted by Gasteiger charge is -2.37. The van der Waals surface area contributed by atoms with E-state index >= 15 is 0 Å². The number of nitrogens with one attached hydrogen (secondary N) is 1. The first-order valence-electron chi connectivity index (χ1n) is 7.71. The summed E-state index contributed by atoms with van der Waals surface area (Å²) >= 11 is 0. The van der Waals surface area contributed by atoms with Gasteiger partial charge in [0.25, 0.3) is 0 Å².